The average Bonchev–Trinajstić information content (AvgIpc) is 1.00. The Morgan fingerprint density at radius 2 is 1.40 bits per heavy atom. The third kappa shape index (κ3) is 18.7. The normalized spacial score (nSPS) is 1.20. The quantitative estimate of drug-likeness (QED) is 0.348. The van der Waals surface area contributed by atoms with Crippen LogP contribution in [0.2, 0.25) is 0 Å². The standard InChI is InChI=1S/Bi.Ca.Cu.Hg.O.5H/q;+2;;;;;;;2*-1. The molecule has 0 fully saturated rings. The van der Waals surface area contributed by atoms with E-state index >= 15 is 0 Å². The number of hydrogen-bond acceptors (Lipinski definition) is 1. The van der Waals surface area contributed by atoms with Crippen LogP contribution in [0.25, 0.3) is 0 Å². The molecular weight excluding hydrogens is 529 g/mol. The SMILES string of the molecule is [BiH3].[Ca+2].[H-].[H-].[Hg].[O]=[Cu]. The van der Waals surface area contributed by atoms with Crippen LogP contribution in [0.1, 0.15) is 2.85 Å². The van der Waals surface area contributed by atoms with Crippen LogP contribution in [0.4, 0.5) is 0 Å². The summed E-state index contributed by atoms with van der Waals surface area (Å²) in [6.07, 6.45) is 0. The average molecular weight is 534 g/mol. The Morgan fingerprint density at radius 3 is 1.40 bits per heavy atom. The Kier molecular flexibility index (Phi) is 125. The monoisotopic (exact) mass is 535 g/mol. The van der Waals surface area contributed by atoms with Gasteiger partial charge in [0.25, 0.3) is 0 Å². The van der Waals surface area contributed by atoms with Gasteiger partial charge in [0.1, 0.15) is 0 Å². The van der Waals surface area contributed by atoms with Gasteiger partial charge in [0.2, 0.25) is 0 Å². The van der Waals surface area contributed by atoms with Gasteiger partial charge in [-0.2, -0.15) is 0 Å². The van der Waals surface area contributed by atoms with Crippen molar-refractivity contribution in [3.05, 3.63) is 0 Å². The van der Waals surface area contributed by atoms with E-state index in [-0.39, 0.29) is 94.5 Å². The van der Waals surface area contributed by atoms with Gasteiger partial charge >= 0.3 is 83.7 Å². The van der Waals surface area contributed by atoms with Crippen molar-refractivity contribution in [3.63, 3.8) is 0 Å². The Hall–Kier alpha value is 3.40. The van der Waals surface area contributed by atoms with Gasteiger partial charge in [0, 0.05) is 27.7 Å². The summed E-state index contributed by atoms with van der Waals surface area (Å²) in [6.45, 7) is 0. The van der Waals surface area contributed by atoms with E-state index in [1.165, 1.54) is 0 Å². The molecule has 0 amide bonds. The molecule has 0 aliphatic rings. The second kappa shape index (κ2) is 26.2. The van der Waals surface area contributed by atoms with Crippen molar-refractivity contribution in [2.75, 3.05) is 0 Å². The van der Waals surface area contributed by atoms with Crippen molar-refractivity contribution in [3.8, 4) is 0 Å². The van der Waals surface area contributed by atoms with Crippen molar-refractivity contribution in [1.29, 1.82) is 0 Å². The van der Waals surface area contributed by atoms with Gasteiger partial charge in [-0.25, -0.2) is 0 Å². The molecule has 31 valence electrons. The molecule has 0 saturated carbocycles. The molecule has 0 unspecified atom stereocenters. The molecule has 0 aromatic carbocycles. The van der Waals surface area contributed by atoms with Crippen LogP contribution < -0.4 is 0 Å². The number of hydrogen-bond donors (Lipinski definition) is 0. The van der Waals surface area contributed by atoms with Gasteiger partial charge in [-0.05, 0) is 0 Å². The van der Waals surface area contributed by atoms with Crippen molar-refractivity contribution < 1.29 is 50.3 Å². The molecule has 0 heterocycles. The second-order valence-corrected chi connectivity index (χ2v) is 0. The van der Waals surface area contributed by atoms with Crippen LogP contribution in [-0.4, -0.2) is 63.9 Å². The Morgan fingerprint density at radius 1 is 1.40 bits per heavy atom. The maximum absolute atomic E-state index is 7.81. The molecule has 0 aromatic heterocycles. The zero-order chi connectivity index (χ0) is 2.00. The molecule has 0 aliphatic carbocycles. The Labute approximate surface area is 112 Å². The van der Waals surface area contributed by atoms with Gasteiger partial charge in [0.15, 0.2) is 0 Å². The topological polar surface area (TPSA) is 17.1 Å². The van der Waals surface area contributed by atoms with Gasteiger partial charge in [-0.15, -0.1) is 0 Å². The number of rotatable bonds is 0. The third-order valence-electron chi connectivity index (χ3n) is 0. The van der Waals surface area contributed by atoms with E-state index in [1.807, 2.05) is 0 Å². The Bertz CT molecular complexity index is 17.7. The summed E-state index contributed by atoms with van der Waals surface area (Å²) in [5.74, 6) is 0. The van der Waals surface area contributed by atoms with Crippen molar-refractivity contribution in [2.24, 2.45) is 0 Å². The second-order valence-electron chi connectivity index (χ2n) is 0. The molecule has 0 saturated heterocycles. The summed E-state index contributed by atoms with van der Waals surface area (Å²) in [6, 6.07) is 0. The molecule has 0 atom stereocenters. The molecule has 0 rings (SSSR count). The van der Waals surface area contributed by atoms with E-state index in [4.69, 9.17) is 3.83 Å². The fourth-order valence-electron chi connectivity index (χ4n) is 0. The van der Waals surface area contributed by atoms with Crippen LogP contribution in [-0.2, 0) is 47.4 Å². The van der Waals surface area contributed by atoms with Gasteiger partial charge < -0.3 is 2.85 Å². The first-order valence-corrected chi connectivity index (χ1v) is 0.508. The summed E-state index contributed by atoms with van der Waals surface area (Å²) in [4.78, 5) is 0. The fourth-order valence-corrected chi connectivity index (χ4v) is 0. The van der Waals surface area contributed by atoms with Crippen LogP contribution in [0.5, 0.6) is 0 Å². The zero-order valence-electron chi connectivity index (χ0n) is 4.83. The van der Waals surface area contributed by atoms with Gasteiger partial charge in [0.05, 0.1) is 0 Å². The minimum absolute atomic E-state index is 0. The molecule has 0 aliphatic heterocycles. The van der Waals surface area contributed by atoms with Crippen LogP contribution in [0, 0.1) is 0 Å². The fraction of sp³-hybridized carbons (Fsp3) is 0. The van der Waals surface area contributed by atoms with Crippen LogP contribution in [0.15, 0.2) is 0 Å². The van der Waals surface area contributed by atoms with Crippen molar-refractivity contribution >= 4 is 63.9 Å². The van der Waals surface area contributed by atoms with E-state index in [0.29, 0.717) is 0 Å². The summed E-state index contributed by atoms with van der Waals surface area (Å²) in [5, 5.41) is 0. The first-order valence-electron chi connectivity index (χ1n) is 0.123. The molecule has 1 nitrogen and oxygen atoms in total. The van der Waals surface area contributed by atoms with E-state index < -0.39 is 0 Å². The van der Waals surface area contributed by atoms with Crippen LogP contribution >= 0.6 is 0 Å². The van der Waals surface area contributed by atoms with E-state index in [1.54, 1.807) is 0 Å². The molecule has 5 heteroatoms. The molecule has 0 N–H and O–H groups in total. The van der Waals surface area contributed by atoms with E-state index in [0.717, 1.165) is 0 Å². The molecular formula is H5BiCaCuHgO. The zero-order valence-corrected chi connectivity index (χ0v) is 17.0. The summed E-state index contributed by atoms with van der Waals surface area (Å²) in [5.41, 5.74) is 0. The summed E-state index contributed by atoms with van der Waals surface area (Å²) in [7, 11) is 0. The first-order chi connectivity index (χ1) is 1.00. The predicted molar refractivity (Wildman–Crippen MR) is 18.6 cm³/mol. The molecule has 0 aromatic rings. The first kappa shape index (κ1) is 23.8. The van der Waals surface area contributed by atoms with Crippen molar-refractivity contribution in [1.82, 2.24) is 0 Å². The van der Waals surface area contributed by atoms with Gasteiger partial charge in [-0.3, -0.25) is 0 Å². The van der Waals surface area contributed by atoms with Gasteiger partial charge in [-0.1, -0.05) is 0 Å². The van der Waals surface area contributed by atoms with E-state index in [2.05, 4.69) is 15.9 Å². The van der Waals surface area contributed by atoms with Crippen LogP contribution in [0.3, 0.4) is 0 Å². The third-order valence-corrected chi connectivity index (χ3v) is 0. The summed E-state index contributed by atoms with van der Waals surface area (Å²) >= 11 is 2.94. The van der Waals surface area contributed by atoms with Crippen molar-refractivity contribution in [2.45, 2.75) is 0 Å². The Balaban J connectivity index is -0.000000000500. The molecule has 5 heavy (non-hydrogen) atoms. The molecule has 0 spiro atoms. The molecule has 0 radical (unpaired) electrons. The summed E-state index contributed by atoms with van der Waals surface area (Å²) < 4.78 is 7.81. The minimum atomic E-state index is 0. The molecule has 0 bridgehead atoms. The maximum atomic E-state index is 7.81. The van der Waals surface area contributed by atoms with E-state index in [9.17, 15) is 0 Å². The predicted octanol–water partition coefficient (Wildman–Crippen LogP) is -1.46.